The SMILES string of the molecule is O=C(NC1CCCNC1)c1ccc(Oc2cccnc2)cc1. The highest BCUT2D eigenvalue weighted by Crippen LogP contribution is 2.20. The van der Waals surface area contributed by atoms with E-state index < -0.39 is 0 Å². The first-order chi connectivity index (χ1) is 10.8. The van der Waals surface area contributed by atoms with Crippen LogP contribution in [0.3, 0.4) is 0 Å². The van der Waals surface area contributed by atoms with Gasteiger partial charge in [0.15, 0.2) is 0 Å². The Morgan fingerprint density at radius 2 is 2.09 bits per heavy atom. The molecule has 1 saturated heterocycles. The molecular formula is C17H19N3O2. The minimum atomic E-state index is -0.0402. The van der Waals surface area contributed by atoms with Crippen LogP contribution in [-0.4, -0.2) is 30.0 Å². The normalized spacial score (nSPS) is 17.7. The molecule has 1 aromatic heterocycles. The molecule has 2 aromatic rings. The quantitative estimate of drug-likeness (QED) is 0.909. The van der Waals surface area contributed by atoms with Gasteiger partial charge in [0.2, 0.25) is 0 Å². The van der Waals surface area contributed by atoms with E-state index in [-0.39, 0.29) is 11.9 Å². The smallest absolute Gasteiger partial charge is 0.251 e. The Hall–Kier alpha value is -2.40. The Morgan fingerprint density at radius 1 is 1.23 bits per heavy atom. The number of nitrogens with zero attached hydrogens (tertiary/aromatic N) is 1. The topological polar surface area (TPSA) is 63.2 Å². The maximum absolute atomic E-state index is 12.2. The Labute approximate surface area is 129 Å². The predicted molar refractivity (Wildman–Crippen MR) is 84.1 cm³/mol. The van der Waals surface area contributed by atoms with Gasteiger partial charge in [0, 0.05) is 24.3 Å². The lowest BCUT2D eigenvalue weighted by atomic mass is 10.1. The van der Waals surface area contributed by atoms with Crippen molar-refractivity contribution in [2.45, 2.75) is 18.9 Å². The van der Waals surface area contributed by atoms with Crippen molar-refractivity contribution in [3.8, 4) is 11.5 Å². The molecule has 0 aliphatic carbocycles. The molecule has 1 aromatic carbocycles. The number of hydrogen-bond donors (Lipinski definition) is 2. The first kappa shape index (κ1) is 14.5. The van der Waals surface area contributed by atoms with Crippen molar-refractivity contribution in [3.05, 3.63) is 54.4 Å². The van der Waals surface area contributed by atoms with Crippen LogP contribution in [0.15, 0.2) is 48.8 Å². The molecule has 2 N–H and O–H groups in total. The van der Waals surface area contributed by atoms with Gasteiger partial charge in [-0.25, -0.2) is 0 Å². The third kappa shape index (κ3) is 3.83. The number of carbonyl (C=O) groups excluding carboxylic acids is 1. The van der Waals surface area contributed by atoms with E-state index in [1.807, 2.05) is 12.1 Å². The Kier molecular flexibility index (Phi) is 4.65. The monoisotopic (exact) mass is 297 g/mol. The minimum Gasteiger partial charge on any atom is -0.456 e. The number of pyridine rings is 1. The minimum absolute atomic E-state index is 0.0402. The molecular weight excluding hydrogens is 278 g/mol. The molecule has 1 unspecified atom stereocenters. The van der Waals surface area contributed by atoms with Crippen LogP contribution in [0.25, 0.3) is 0 Å². The van der Waals surface area contributed by atoms with E-state index in [1.165, 1.54) is 0 Å². The van der Waals surface area contributed by atoms with Crippen molar-refractivity contribution in [2.75, 3.05) is 13.1 Å². The first-order valence-corrected chi connectivity index (χ1v) is 7.51. The van der Waals surface area contributed by atoms with Crippen molar-refractivity contribution >= 4 is 5.91 Å². The van der Waals surface area contributed by atoms with Crippen LogP contribution < -0.4 is 15.4 Å². The van der Waals surface area contributed by atoms with Crippen LogP contribution in [0, 0.1) is 0 Å². The number of aromatic nitrogens is 1. The van der Waals surface area contributed by atoms with Gasteiger partial charge in [0.1, 0.15) is 11.5 Å². The molecule has 1 atom stereocenters. The number of benzene rings is 1. The summed E-state index contributed by atoms with van der Waals surface area (Å²) in [5, 5.41) is 6.34. The molecule has 1 fully saturated rings. The van der Waals surface area contributed by atoms with Gasteiger partial charge in [-0.1, -0.05) is 0 Å². The van der Waals surface area contributed by atoms with Crippen LogP contribution >= 0.6 is 0 Å². The molecule has 22 heavy (non-hydrogen) atoms. The highest BCUT2D eigenvalue weighted by Gasteiger charge is 2.16. The van der Waals surface area contributed by atoms with Gasteiger partial charge in [-0.3, -0.25) is 9.78 Å². The van der Waals surface area contributed by atoms with E-state index in [4.69, 9.17) is 4.74 Å². The number of nitrogens with one attached hydrogen (secondary N) is 2. The summed E-state index contributed by atoms with van der Waals surface area (Å²) in [5.74, 6) is 1.32. The van der Waals surface area contributed by atoms with Gasteiger partial charge in [-0.2, -0.15) is 0 Å². The molecule has 0 radical (unpaired) electrons. The van der Waals surface area contributed by atoms with Crippen LogP contribution in [0.5, 0.6) is 11.5 Å². The summed E-state index contributed by atoms with van der Waals surface area (Å²) >= 11 is 0. The lowest BCUT2D eigenvalue weighted by Crippen LogP contribution is -2.45. The van der Waals surface area contributed by atoms with Crippen molar-refractivity contribution in [3.63, 3.8) is 0 Å². The fraction of sp³-hybridized carbons (Fsp3) is 0.294. The molecule has 0 spiro atoms. The molecule has 5 nitrogen and oxygen atoms in total. The highest BCUT2D eigenvalue weighted by molar-refractivity contribution is 5.94. The maximum Gasteiger partial charge on any atom is 0.251 e. The highest BCUT2D eigenvalue weighted by atomic mass is 16.5. The lowest BCUT2D eigenvalue weighted by Gasteiger charge is -2.23. The van der Waals surface area contributed by atoms with Crippen molar-refractivity contribution in [1.82, 2.24) is 15.6 Å². The zero-order valence-corrected chi connectivity index (χ0v) is 12.3. The van der Waals surface area contributed by atoms with E-state index in [0.717, 1.165) is 25.9 Å². The molecule has 0 saturated carbocycles. The lowest BCUT2D eigenvalue weighted by molar-refractivity contribution is 0.0930. The van der Waals surface area contributed by atoms with Gasteiger partial charge >= 0.3 is 0 Å². The summed E-state index contributed by atoms with van der Waals surface area (Å²) in [6.07, 6.45) is 5.47. The third-order valence-electron chi connectivity index (χ3n) is 3.62. The fourth-order valence-corrected chi connectivity index (χ4v) is 2.46. The Bertz CT molecular complexity index is 608. The van der Waals surface area contributed by atoms with E-state index in [9.17, 15) is 4.79 Å². The van der Waals surface area contributed by atoms with Crippen LogP contribution in [0.2, 0.25) is 0 Å². The fourth-order valence-electron chi connectivity index (χ4n) is 2.46. The largest absolute Gasteiger partial charge is 0.456 e. The summed E-state index contributed by atoms with van der Waals surface area (Å²) in [4.78, 5) is 16.2. The number of carbonyl (C=O) groups is 1. The molecule has 1 aliphatic heterocycles. The van der Waals surface area contributed by atoms with Crippen LogP contribution in [0.4, 0.5) is 0 Å². The van der Waals surface area contributed by atoms with Gasteiger partial charge < -0.3 is 15.4 Å². The molecule has 3 rings (SSSR count). The van der Waals surface area contributed by atoms with Crippen LogP contribution in [0.1, 0.15) is 23.2 Å². The zero-order valence-electron chi connectivity index (χ0n) is 12.3. The molecule has 5 heteroatoms. The summed E-state index contributed by atoms with van der Waals surface area (Å²) in [7, 11) is 0. The van der Waals surface area contributed by atoms with E-state index >= 15 is 0 Å². The zero-order chi connectivity index (χ0) is 15.2. The second-order valence-corrected chi connectivity index (χ2v) is 5.33. The van der Waals surface area contributed by atoms with Gasteiger partial charge in [-0.15, -0.1) is 0 Å². The number of rotatable bonds is 4. The van der Waals surface area contributed by atoms with Gasteiger partial charge in [-0.05, 0) is 55.8 Å². The second-order valence-electron chi connectivity index (χ2n) is 5.33. The molecule has 1 amide bonds. The third-order valence-corrected chi connectivity index (χ3v) is 3.62. The van der Waals surface area contributed by atoms with Gasteiger partial charge in [0.05, 0.1) is 6.20 Å². The van der Waals surface area contributed by atoms with E-state index in [1.54, 1.807) is 36.7 Å². The van der Waals surface area contributed by atoms with E-state index in [0.29, 0.717) is 17.1 Å². The maximum atomic E-state index is 12.2. The number of piperidine rings is 1. The first-order valence-electron chi connectivity index (χ1n) is 7.51. The van der Waals surface area contributed by atoms with Crippen molar-refractivity contribution in [2.24, 2.45) is 0 Å². The molecule has 114 valence electrons. The number of ether oxygens (including phenoxy) is 1. The summed E-state index contributed by atoms with van der Waals surface area (Å²) in [5.41, 5.74) is 0.643. The van der Waals surface area contributed by atoms with Gasteiger partial charge in [0.25, 0.3) is 5.91 Å². The molecule has 2 heterocycles. The molecule has 0 bridgehead atoms. The Balaban J connectivity index is 1.59. The molecule has 1 aliphatic rings. The summed E-state index contributed by atoms with van der Waals surface area (Å²) < 4.78 is 5.66. The number of hydrogen-bond acceptors (Lipinski definition) is 4. The summed E-state index contributed by atoms with van der Waals surface area (Å²) in [6.45, 7) is 1.88. The van der Waals surface area contributed by atoms with E-state index in [2.05, 4.69) is 15.6 Å². The standard InChI is InChI=1S/C17H19N3O2/c21-17(20-14-3-1-9-18-11-14)13-5-7-15(8-6-13)22-16-4-2-10-19-12-16/h2,4-8,10,12,14,18H,1,3,9,11H2,(H,20,21). The average Bonchev–Trinajstić information content (AvgIpc) is 2.57. The summed E-state index contributed by atoms with van der Waals surface area (Å²) in [6, 6.07) is 11.0. The number of amides is 1. The average molecular weight is 297 g/mol. The Morgan fingerprint density at radius 3 is 2.77 bits per heavy atom. The van der Waals surface area contributed by atoms with Crippen molar-refractivity contribution < 1.29 is 9.53 Å². The van der Waals surface area contributed by atoms with Crippen LogP contribution in [-0.2, 0) is 0 Å². The van der Waals surface area contributed by atoms with Crippen molar-refractivity contribution in [1.29, 1.82) is 0 Å². The second kappa shape index (κ2) is 7.04. The predicted octanol–water partition coefficient (Wildman–Crippen LogP) is 2.36.